The van der Waals surface area contributed by atoms with E-state index in [-0.39, 0.29) is 10.7 Å². The Labute approximate surface area is 107 Å². The molecule has 1 saturated heterocycles. The van der Waals surface area contributed by atoms with Gasteiger partial charge in [-0.2, -0.15) is 0 Å². The van der Waals surface area contributed by atoms with Crippen molar-refractivity contribution in [1.82, 2.24) is 5.32 Å². The van der Waals surface area contributed by atoms with Crippen LogP contribution in [-0.2, 0) is 9.53 Å². The van der Waals surface area contributed by atoms with E-state index in [1.165, 1.54) is 0 Å². The lowest BCUT2D eigenvalue weighted by molar-refractivity contribution is -0.121. The third-order valence-electron chi connectivity index (χ3n) is 2.67. The van der Waals surface area contributed by atoms with Gasteiger partial charge in [0.05, 0.1) is 11.4 Å². The van der Waals surface area contributed by atoms with E-state index in [4.69, 9.17) is 4.74 Å². The first-order valence-electron chi connectivity index (χ1n) is 6.02. The van der Waals surface area contributed by atoms with Crippen molar-refractivity contribution in [3.05, 3.63) is 0 Å². The Morgan fingerprint density at radius 2 is 2.00 bits per heavy atom. The summed E-state index contributed by atoms with van der Waals surface area (Å²) in [6, 6.07) is 0. The highest BCUT2D eigenvalue weighted by Gasteiger charge is 2.30. The van der Waals surface area contributed by atoms with Crippen LogP contribution in [0, 0.1) is 0 Å². The van der Waals surface area contributed by atoms with E-state index in [0.717, 1.165) is 0 Å². The summed E-state index contributed by atoms with van der Waals surface area (Å²) in [6.45, 7) is 7.72. The average Bonchev–Trinajstić information content (AvgIpc) is 2.24. The monoisotopic (exact) mass is 261 g/mol. The minimum Gasteiger partial charge on any atom is -0.388 e. The van der Waals surface area contributed by atoms with Crippen molar-refractivity contribution in [2.24, 2.45) is 0 Å². The van der Waals surface area contributed by atoms with Gasteiger partial charge in [0.1, 0.15) is 0 Å². The fraction of sp³-hybridized carbons (Fsp3) is 0.917. The number of aliphatic hydroxyl groups is 1. The smallest absolute Gasteiger partial charge is 0.230 e. The molecule has 0 bridgehead atoms. The van der Waals surface area contributed by atoms with Crippen LogP contribution in [-0.4, -0.2) is 46.9 Å². The lowest BCUT2D eigenvalue weighted by Crippen LogP contribution is -2.47. The first-order valence-corrected chi connectivity index (χ1v) is 7.00. The van der Waals surface area contributed by atoms with Crippen LogP contribution in [0.5, 0.6) is 0 Å². The lowest BCUT2D eigenvalue weighted by atomic mass is 9.94. The molecule has 5 heteroatoms. The molecule has 1 aliphatic rings. The third kappa shape index (κ3) is 6.29. The molecular weight excluding hydrogens is 238 g/mol. The molecule has 1 aliphatic heterocycles. The standard InChI is InChI=1S/C12H23NO3S/c1-11(2,3)17-8-10(14)13-9-12(15)4-6-16-7-5-12/h15H,4-9H2,1-3H3,(H,13,14). The first-order chi connectivity index (χ1) is 7.81. The van der Waals surface area contributed by atoms with E-state index >= 15 is 0 Å². The Morgan fingerprint density at radius 3 is 2.53 bits per heavy atom. The van der Waals surface area contributed by atoms with Crippen LogP contribution < -0.4 is 5.32 Å². The number of hydrogen-bond donors (Lipinski definition) is 2. The van der Waals surface area contributed by atoms with Crippen LogP contribution in [0.4, 0.5) is 0 Å². The molecule has 0 aliphatic carbocycles. The molecule has 0 aromatic carbocycles. The second-order valence-electron chi connectivity index (χ2n) is 5.51. The van der Waals surface area contributed by atoms with Gasteiger partial charge in [0.15, 0.2) is 0 Å². The van der Waals surface area contributed by atoms with Crippen LogP contribution in [0.1, 0.15) is 33.6 Å². The topological polar surface area (TPSA) is 58.6 Å². The summed E-state index contributed by atoms with van der Waals surface area (Å²) < 4.78 is 5.28. The van der Waals surface area contributed by atoms with Crippen molar-refractivity contribution in [2.75, 3.05) is 25.5 Å². The SMILES string of the molecule is CC(C)(C)SCC(=O)NCC1(O)CCOCC1. The lowest BCUT2D eigenvalue weighted by Gasteiger charge is -2.32. The Bertz CT molecular complexity index is 257. The van der Waals surface area contributed by atoms with E-state index in [2.05, 4.69) is 26.1 Å². The second-order valence-corrected chi connectivity index (χ2v) is 7.32. The fourth-order valence-corrected chi connectivity index (χ4v) is 2.19. The Morgan fingerprint density at radius 1 is 1.41 bits per heavy atom. The summed E-state index contributed by atoms with van der Waals surface area (Å²) in [6.07, 6.45) is 1.19. The van der Waals surface area contributed by atoms with E-state index < -0.39 is 5.60 Å². The van der Waals surface area contributed by atoms with Gasteiger partial charge in [-0.15, -0.1) is 11.8 Å². The molecule has 0 radical (unpaired) electrons. The van der Waals surface area contributed by atoms with Gasteiger partial charge >= 0.3 is 0 Å². The Hall–Kier alpha value is -0.260. The minimum atomic E-state index is -0.777. The molecule has 0 aromatic heterocycles. The molecule has 4 nitrogen and oxygen atoms in total. The highest BCUT2D eigenvalue weighted by molar-refractivity contribution is 8.01. The summed E-state index contributed by atoms with van der Waals surface area (Å²) in [5, 5.41) is 12.9. The predicted molar refractivity (Wildman–Crippen MR) is 70.2 cm³/mol. The molecule has 0 aromatic rings. The third-order valence-corrected chi connectivity index (χ3v) is 3.95. The van der Waals surface area contributed by atoms with Crippen molar-refractivity contribution >= 4 is 17.7 Å². The van der Waals surface area contributed by atoms with Crippen LogP contribution in [0.25, 0.3) is 0 Å². The quantitative estimate of drug-likeness (QED) is 0.798. The highest BCUT2D eigenvalue weighted by atomic mass is 32.2. The minimum absolute atomic E-state index is 0.00941. The zero-order chi connectivity index (χ0) is 12.9. The number of rotatable bonds is 4. The van der Waals surface area contributed by atoms with Crippen LogP contribution in [0.3, 0.4) is 0 Å². The van der Waals surface area contributed by atoms with E-state index in [1.54, 1.807) is 11.8 Å². The molecule has 100 valence electrons. The maximum Gasteiger partial charge on any atom is 0.230 e. The summed E-state index contributed by atoms with van der Waals surface area (Å²) in [5.74, 6) is 0.431. The molecule has 17 heavy (non-hydrogen) atoms. The molecule has 1 fully saturated rings. The van der Waals surface area contributed by atoms with Crippen molar-refractivity contribution in [2.45, 2.75) is 44.0 Å². The number of hydrogen-bond acceptors (Lipinski definition) is 4. The number of carbonyl (C=O) groups excluding carboxylic acids is 1. The number of ether oxygens (including phenoxy) is 1. The van der Waals surface area contributed by atoms with Gasteiger partial charge in [0.2, 0.25) is 5.91 Å². The molecule has 0 unspecified atom stereocenters. The van der Waals surface area contributed by atoms with Gasteiger partial charge in [-0.1, -0.05) is 20.8 Å². The van der Waals surface area contributed by atoms with E-state index in [0.29, 0.717) is 38.4 Å². The summed E-state index contributed by atoms with van der Waals surface area (Å²) in [7, 11) is 0. The maximum atomic E-state index is 11.6. The Balaban J connectivity index is 2.23. The maximum absolute atomic E-state index is 11.6. The van der Waals surface area contributed by atoms with Gasteiger partial charge in [-0.25, -0.2) is 0 Å². The van der Waals surface area contributed by atoms with Crippen LogP contribution in [0.15, 0.2) is 0 Å². The van der Waals surface area contributed by atoms with Crippen molar-refractivity contribution in [3.8, 4) is 0 Å². The molecule has 1 amide bonds. The van der Waals surface area contributed by atoms with Crippen LogP contribution >= 0.6 is 11.8 Å². The molecular formula is C12H23NO3S. The van der Waals surface area contributed by atoms with Crippen molar-refractivity contribution in [1.29, 1.82) is 0 Å². The van der Waals surface area contributed by atoms with Crippen molar-refractivity contribution in [3.63, 3.8) is 0 Å². The van der Waals surface area contributed by atoms with Gasteiger partial charge in [-0.05, 0) is 0 Å². The zero-order valence-electron chi connectivity index (χ0n) is 10.9. The first kappa shape index (κ1) is 14.8. The van der Waals surface area contributed by atoms with Gasteiger partial charge in [-0.3, -0.25) is 4.79 Å². The summed E-state index contributed by atoms with van der Waals surface area (Å²) >= 11 is 1.61. The predicted octanol–water partition coefficient (Wildman–Crippen LogP) is 1.18. The summed E-state index contributed by atoms with van der Waals surface area (Å²) in [5.41, 5.74) is -0.777. The average molecular weight is 261 g/mol. The van der Waals surface area contributed by atoms with Gasteiger partial charge in [0, 0.05) is 37.3 Å². The normalized spacial score (nSPS) is 20.0. The molecule has 0 saturated carbocycles. The van der Waals surface area contributed by atoms with E-state index in [1.807, 2.05) is 0 Å². The molecule has 1 heterocycles. The van der Waals surface area contributed by atoms with E-state index in [9.17, 15) is 9.90 Å². The molecule has 0 atom stereocenters. The van der Waals surface area contributed by atoms with Gasteiger partial charge in [0.25, 0.3) is 0 Å². The Kier molecular flexibility index (Phi) is 5.28. The second kappa shape index (κ2) is 6.07. The molecule has 2 N–H and O–H groups in total. The summed E-state index contributed by atoms with van der Waals surface area (Å²) in [4.78, 5) is 11.6. The van der Waals surface area contributed by atoms with Gasteiger partial charge < -0.3 is 15.2 Å². The zero-order valence-corrected chi connectivity index (χ0v) is 11.7. The number of carbonyl (C=O) groups is 1. The van der Waals surface area contributed by atoms with Crippen LogP contribution in [0.2, 0.25) is 0 Å². The number of thioether (sulfide) groups is 1. The highest BCUT2D eigenvalue weighted by Crippen LogP contribution is 2.23. The van der Waals surface area contributed by atoms with Crippen molar-refractivity contribution < 1.29 is 14.6 Å². The largest absolute Gasteiger partial charge is 0.388 e. The fourth-order valence-electron chi connectivity index (χ4n) is 1.52. The number of amides is 1. The number of nitrogens with one attached hydrogen (secondary N) is 1. The molecule has 0 spiro atoms. The molecule has 1 rings (SSSR count).